The smallest absolute Gasteiger partial charge is 0.416 e. The van der Waals surface area contributed by atoms with Crippen LogP contribution in [-0.4, -0.2) is 36.6 Å². The Morgan fingerprint density at radius 1 is 1.04 bits per heavy atom. The molecular formula is C19H15F3N4O2. The van der Waals surface area contributed by atoms with Crippen molar-refractivity contribution in [1.82, 2.24) is 19.7 Å². The van der Waals surface area contributed by atoms with Crippen molar-refractivity contribution in [1.29, 1.82) is 0 Å². The summed E-state index contributed by atoms with van der Waals surface area (Å²) in [4.78, 5) is 7.41. The second-order valence-corrected chi connectivity index (χ2v) is 6.19. The molecule has 0 amide bonds. The number of fused-ring (bicyclic) bond motifs is 1. The van der Waals surface area contributed by atoms with Crippen molar-refractivity contribution in [2.45, 2.75) is 12.6 Å². The van der Waals surface area contributed by atoms with Crippen LogP contribution in [0.1, 0.15) is 11.1 Å². The number of imidazole rings is 1. The zero-order chi connectivity index (χ0) is 19.9. The molecule has 2 aromatic heterocycles. The van der Waals surface area contributed by atoms with Gasteiger partial charge in [0.05, 0.1) is 16.6 Å². The number of aromatic nitrogens is 4. The highest BCUT2D eigenvalue weighted by molar-refractivity contribution is 5.76. The fourth-order valence-electron chi connectivity index (χ4n) is 3.02. The number of hydrogen-bond acceptors (Lipinski definition) is 4. The van der Waals surface area contributed by atoms with Gasteiger partial charge in [0.1, 0.15) is 5.69 Å². The third-order valence-electron chi connectivity index (χ3n) is 4.38. The van der Waals surface area contributed by atoms with E-state index in [1.807, 2.05) is 18.2 Å². The Morgan fingerprint density at radius 2 is 1.75 bits per heavy atom. The lowest BCUT2D eigenvalue weighted by Crippen LogP contribution is -2.04. The number of rotatable bonds is 4. The summed E-state index contributed by atoms with van der Waals surface area (Å²) < 4.78 is 39.6. The normalized spacial score (nSPS) is 12.0. The second kappa shape index (κ2) is 6.68. The summed E-state index contributed by atoms with van der Waals surface area (Å²) in [6.07, 6.45) is -4.36. The number of nitrogens with zero attached hydrogens (tertiary/aromatic N) is 3. The third-order valence-corrected chi connectivity index (χ3v) is 4.38. The van der Waals surface area contributed by atoms with Crippen LogP contribution in [0.5, 0.6) is 5.88 Å². The largest absolute Gasteiger partial charge is 0.493 e. The molecule has 0 saturated carbocycles. The molecule has 6 nitrogen and oxygen atoms in total. The number of aromatic amines is 1. The lowest BCUT2D eigenvalue weighted by molar-refractivity contribution is -0.137. The van der Waals surface area contributed by atoms with Gasteiger partial charge in [-0.1, -0.05) is 24.3 Å². The molecule has 0 saturated heterocycles. The maximum atomic E-state index is 12.8. The van der Waals surface area contributed by atoms with E-state index < -0.39 is 11.7 Å². The van der Waals surface area contributed by atoms with Crippen LogP contribution in [0, 0.1) is 0 Å². The average Bonchev–Trinajstić information content (AvgIpc) is 3.23. The number of halogens is 3. The fraction of sp³-hybridized carbons (Fsp3) is 0.158. The number of nitrogens with one attached hydrogen (secondary N) is 1. The summed E-state index contributed by atoms with van der Waals surface area (Å²) in [5.74, 6) is 0.0269. The average molecular weight is 388 g/mol. The molecule has 0 aliphatic heterocycles. The first-order valence-corrected chi connectivity index (χ1v) is 8.43. The molecule has 2 aromatic carbocycles. The zero-order valence-electron chi connectivity index (χ0n) is 14.4. The van der Waals surface area contributed by atoms with Gasteiger partial charge in [-0.3, -0.25) is 0 Å². The summed E-state index contributed by atoms with van der Waals surface area (Å²) >= 11 is 0. The van der Waals surface area contributed by atoms with Crippen LogP contribution in [0.4, 0.5) is 13.2 Å². The van der Waals surface area contributed by atoms with Gasteiger partial charge in [-0.2, -0.15) is 23.0 Å². The molecule has 0 aliphatic rings. The molecule has 144 valence electrons. The Hall–Kier alpha value is -3.33. The SMILES string of the molecule is OCCc1c(-c2ccc(C(F)(F)F)cc2)nn(-c2nc3ccccc3[nH]2)c1O. The van der Waals surface area contributed by atoms with Crippen molar-refractivity contribution in [3.63, 3.8) is 0 Å². The summed E-state index contributed by atoms with van der Waals surface area (Å²) in [6, 6.07) is 11.7. The molecule has 4 rings (SSSR count). The van der Waals surface area contributed by atoms with Crippen LogP contribution >= 0.6 is 0 Å². The monoisotopic (exact) mass is 388 g/mol. The van der Waals surface area contributed by atoms with E-state index in [1.54, 1.807) is 6.07 Å². The van der Waals surface area contributed by atoms with Gasteiger partial charge in [0.15, 0.2) is 0 Å². The molecule has 2 heterocycles. The third kappa shape index (κ3) is 3.09. The van der Waals surface area contributed by atoms with Gasteiger partial charge >= 0.3 is 6.18 Å². The molecule has 0 spiro atoms. The second-order valence-electron chi connectivity index (χ2n) is 6.19. The van der Waals surface area contributed by atoms with Gasteiger partial charge in [0.25, 0.3) is 0 Å². The number of hydrogen-bond donors (Lipinski definition) is 3. The van der Waals surface area contributed by atoms with Gasteiger partial charge in [-0.25, -0.2) is 4.98 Å². The summed E-state index contributed by atoms with van der Waals surface area (Å²) in [5.41, 5.74) is 1.63. The maximum Gasteiger partial charge on any atom is 0.416 e. The predicted molar refractivity (Wildman–Crippen MR) is 96.1 cm³/mol. The Balaban J connectivity index is 1.82. The molecule has 0 unspecified atom stereocenters. The van der Waals surface area contributed by atoms with Crippen LogP contribution in [0.2, 0.25) is 0 Å². The number of aliphatic hydroxyl groups excluding tert-OH is 1. The highest BCUT2D eigenvalue weighted by atomic mass is 19.4. The van der Waals surface area contributed by atoms with Gasteiger partial charge < -0.3 is 15.2 Å². The standard InChI is InChI=1S/C19H15F3N4O2/c20-19(21,22)12-7-5-11(6-8-12)16-13(9-10-27)17(28)26(25-16)18-23-14-3-1-2-4-15(14)24-18/h1-8,27-28H,9-10H2,(H,23,24). The van der Waals surface area contributed by atoms with Crippen molar-refractivity contribution < 1.29 is 23.4 Å². The van der Waals surface area contributed by atoms with Crippen LogP contribution in [-0.2, 0) is 12.6 Å². The highest BCUT2D eigenvalue weighted by Gasteiger charge is 2.30. The van der Waals surface area contributed by atoms with E-state index in [-0.39, 0.29) is 30.5 Å². The molecule has 0 atom stereocenters. The molecule has 4 aromatic rings. The van der Waals surface area contributed by atoms with E-state index >= 15 is 0 Å². The van der Waals surface area contributed by atoms with Crippen LogP contribution in [0.15, 0.2) is 48.5 Å². The molecule has 28 heavy (non-hydrogen) atoms. The molecule has 0 aliphatic carbocycles. The summed E-state index contributed by atoms with van der Waals surface area (Å²) in [6.45, 7) is -0.257. The van der Waals surface area contributed by atoms with Gasteiger partial charge in [-0.05, 0) is 24.3 Å². The minimum atomic E-state index is -4.44. The van der Waals surface area contributed by atoms with Gasteiger partial charge in [-0.15, -0.1) is 0 Å². The molecule has 3 N–H and O–H groups in total. The topological polar surface area (TPSA) is 87.0 Å². The lowest BCUT2D eigenvalue weighted by atomic mass is 10.0. The number of benzene rings is 2. The number of H-pyrrole nitrogens is 1. The minimum absolute atomic E-state index is 0.0857. The van der Waals surface area contributed by atoms with E-state index in [1.165, 1.54) is 16.8 Å². The van der Waals surface area contributed by atoms with Crippen LogP contribution in [0.3, 0.4) is 0 Å². The van der Waals surface area contributed by atoms with E-state index in [0.29, 0.717) is 16.6 Å². The zero-order valence-corrected chi connectivity index (χ0v) is 14.4. The minimum Gasteiger partial charge on any atom is -0.493 e. The van der Waals surface area contributed by atoms with Crippen LogP contribution < -0.4 is 0 Å². The van der Waals surface area contributed by atoms with Crippen molar-refractivity contribution in [3.05, 3.63) is 59.7 Å². The highest BCUT2D eigenvalue weighted by Crippen LogP contribution is 2.34. The van der Waals surface area contributed by atoms with E-state index in [9.17, 15) is 23.4 Å². The molecular weight excluding hydrogens is 373 g/mol. The van der Waals surface area contributed by atoms with Crippen molar-refractivity contribution in [2.75, 3.05) is 6.61 Å². The number of alkyl halides is 3. The summed E-state index contributed by atoms with van der Waals surface area (Å²) in [7, 11) is 0. The molecule has 9 heteroatoms. The first kappa shape index (κ1) is 18.1. The number of para-hydroxylation sites is 2. The Kier molecular flexibility index (Phi) is 4.31. The van der Waals surface area contributed by atoms with E-state index in [0.717, 1.165) is 17.6 Å². The first-order chi connectivity index (χ1) is 13.4. The van der Waals surface area contributed by atoms with Crippen LogP contribution in [0.25, 0.3) is 28.2 Å². The first-order valence-electron chi connectivity index (χ1n) is 8.43. The number of aromatic hydroxyl groups is 1. The fourth-order valence-corrected chi connectivity index (χ4v) is 3.02. The quantitative estimate of drug-likeness (QED) is 0.498. The predicted octanol–water partition coefficient (Wildman–Crippen LogP) is 3.67. The van der Waals surface area contributed by atoms with E-state index in [4.69, 9.17) is 0 Å². The van der Waals surface area contributed by atoms with Crippen molar-refractivity contribution in [3.8, 4) is 23.1 Å². The van der Waals surface area contributed by atoms with Crippen molar-refractivity contribution in [2.24, 2.45) is 0 Å². The van der Waals surface area contributed by atoms with Gasteiger partial charge in [0, 0.05) is 24.2 Å². The molecule has 0 fully saturated rings. The Labute approximate surface area is 156 Å². The maximum absolute atomic E-state index is 12.8. The molecule has 0 radical (unpaired) electrons. The lowest BCUT2D eigenvalue weighted by Gasteiger charge is -2.07. The van der Waals surface area contributed by atoms with Crippen molar-refractivity contribution >= 4 is 11.0 Å². The van der Waals surface area contributed by atoms with E-state index in [2.05, 4.69) is 15.1 Å². The Bertz CT molecular complexity index is 1100. The number of aliphatic hydroxyl groups is 1. The van der Waals surface area contributed by atoms with Gasteiger partial charge in [0.2, 0.25) is 11.8 Å². The summed E-state index contributed by atoms with van der Waals surface area (Å²) in [5, 5.41) is 24.3. The Morgan fingerprint density at radius 3 is 2.39 bits per heavy atom. The molecule has 0 bridgehead atoms.